The zero-order valence-corrected chi connectivity index (χ0v) is 10.1. The number of fused-ring (bicyclic) bond motifs is 1. The van der Waals surface area contributed by atoms with Gasteiger partial charge in [-0.05, 0) is 35.9 Å². The Morgan fingerprint density at radius 1 is 1.21 bits per heavy atom. The standard InChI is InChI=1S/C14H12FN3O/c15-11-3-5-12(6-4-11)17-14(19)18-8-10-2-1-7-16-13(10)9-18/h1-7H,8-9H2,(H,17,19). The topological polar surface area (TPSA) is 45.2 Å². The number of nitrogens with zero attached hydrogens (tertiary/aromatic N) is 2. The van der Waals surface area contributed by atoms with Crippen LogP contribution in [0.4, 0.5) is 14.9 Å². The van der Waals surface area contributed by atoms with Gasteiger partial charge < -0.3 is 10.2 Å². The molecule has 1 aromatic carbocycles. The monoisotopic (exact) mass is 257 g/mol. The van der Waals surface area contributed by atoms with E-state index in [1.54, 1.807) is 11.1 Å². The Morgan fingerprint density at radius 3 is 2.74 bits per heavy atom. The maximum atomic E-state index is 12.8. The van der Waals surface area contributed by atoms with Crippen molar-refractivity contribution in [1.29, 1.82) is 0 Å². The number of amides is 2. The predicted octanol–water partition coefficient (Wildman–Crippen LogP) is 2.77. The molecule has 0 fully saturated rings. The number of nitrogens with one attached hydrogen (secondary N) is 1. The normalized spacial score (nSPS) is 13.2. The summed E-state index contributed by atoms with van der Waals surface area (Å²) in [5.41, 5.74) is 2.57. The van der Waals surface area contributed by atoms with Crippen LogP contribution < -0.4 is 5.32 Å². The highest BCUT2D eigenvalue weighted by molar-refractivity contribution is 5.89. The van der Waals surface area contributed by atoms with Crippen LogP contribution in [0.1, 0.15) is 11.3 Å². The maximum absolute atomic E-state index is 12.8. The fraction of sp³-hybridized carbons (Fsp3) is 0.143. The van der Waals surface area contributed by atoms with Crippen LogP contribution in [0.5, 0.6) is 0 Å². The van der Waals surface area contributed by atoms with Crippen molar-refractivity contribution in [3.63, 3.8) is 0 Å². The van der Waals surface area contributed by atoms with Crippen molar-refractivity contribution in [3.8, 4) is 0 Å². The molecule has 5 heteroatoms. The molecule has 4 nitrogen and oxygen atoms in total. The molecule has 2 aromatic rings. The number of aromatic nitrogens is 1. The van der Waals surface area contributed by atoms with E-state index in [4.69, 9.17) is 0 Å². The van der Waals surface area contributed by atoms with Crippen LogP contribution >= 0.6 is 0 Å². The molecule has 0 spiro atoms. The summed E-state index contributed by atoms with van der Waals surface area (Å²) in [6, 6.07) is 9.33. The second kappa shape index (κ2) is 4.68. The van der Waals surface area contributed by atoms with Crippen molar-refractivity contribution in [1.82, 2.24) is 9.88 Å². The van der Waals surface area contributed by atoms with Gasteiger partial charge in [0.05, 0.1) is 12.2 Å². The molecule has 1 aliphatic rings. The van der Waals surface area contributed by atoms with Crippen LogP contribution in [0.25, 0.3) is 0 Å². The first-order valence-corrected chi connectivity index (χ1v) is 5.96. The van der Waals surface area contributed by atoms with Crippen LogP contribution in [0.3, 0.4) is 0 Å². The third kappa shape index (κ3) is 2.40. The SMILES string of the molecule is O=C(Nc1ccc(F)cc1)N1Cc2cccnc2C1. The Morgan fingerprint density at radius 2 is 2.00 bits per heavy atom. The number of hydrogen-bond donors (Lipinski definition) is 1. The summed E-state index contributed by atoms with van der Waals surface area (Å²) in [4.78, 5) is 18.0. The number of anilines is 1. The van der Waals surface area contributed by atoms with E-state index in [9.17, 15) is 9.18 Å². The zero-order valence-electron chi connectivity index (χ0n) is 10.1. The first-order chi connectivity index (χ1) is 9.22. The highest BCUT2D eigenvalue weighted by Crippen LogP contribution is 2.21. The molecule has 0 bridgehead atoms. The van der Waals surface area contributed by atoms with Crippen LogP contribution in [0, 0.1) is 5.82 Å². The average molecular weight is 257 g/mol. The average Bonchev–Trinajstić information content (AvgIpc) is 2.85. The molecule has 96 valence electrons. The van der Waals surface area contributed by atoms with E-state index in [0.29, 0.717) is 18.8 Å². The smallest absolute Gasteiger partial charge is 0.314 e. The first-order valence-electron chi connectivity index (χ1n) is 5.96. The van der Waals surface area contributed by atoms with Gasteiger partial charge in [-0.2, -0.15) is 0 Å². The summed E-state index contributed by atoms with van der Waals surface area (Å²) < 4.78 is 12.8. The fourth-order valence-electron chi connectivity index (χ4n) is 2.08. The van der Waals surface area contributed by atoms with Crippen molar-refractivity contribution >= 4 is 11.7 Å². The van der Waals surface area contributed by atoms with E-state index in [2.05, 4.69) is 10.3 Å². The fourth-order valence-corrected chi connectivity index (χ4v) is 2.08. The zero-order chi connectivity index (χ0) is 13.2. The maximum Gasteiger partial charge on any atom is 0.322 e. The van der Waals surface area contributed by atoms with E-state index in [0.717, 1.165) is 11.3 Å². The quantitative estimate of drug-likeness (QED) is 0.853. The summed E-state index contributed by atoms with van der Waals surface area (Å²) in [7, 11) is 0. The van der Waals surface area contributed by atoms with Crippen molar-refractivity contribution < 1.29 is 9.18 Å². The van der Waals surface area contributed by atoms with Crippen molar-refractivity contribution in [3.05, 3.63) is 59.7 Å². The van der Waals surface area contributed by atoms with Gasteiger partial charge in [0.1, 0.15) is 5.82 Å². The Labute approximate surface area is 109 Å². The molecule has 1 aliphatic heterocycles. The van der Waals surface area contributed by atoms with Gasteiger partial charge in [0, 0.05) is 18.4 Å². The lowest BCUT2D eigenvalue weighted by molar-refractivity contribution is 0.212. The number of pyridine rings is 1. The summed E-state index contributed by atoms with van der Waals surface area (Å²) in [5.74, 6) is -0.323. The van der Waals surface area contributed by atoms with Gasteiger partial charge >= 0.3 is 6.03 Å². The van der Waals surface area contributed by atoms with Crippen LogP contribution in [-0.2, 0) is 13.1 Å². The minimum atomic E-state index is -0.323. The molecular weight excluding hydrogens is 245 g/mol. The molecule has 0 radical (unpaired) electrons. The van der Waals surface area contributed by atoms with Crippen LogP contribution in [0.15, 0.2) is 42.6 Å². The van der Waals surface area contributed by atoms with Crippen molar-refractivity contribution in [2.75, 3.05) is 5.32 Å². The Hall–Kier alpha value is -2.43. The molecule has 1 N–H and O–H groups in total. The third-order valence-electron chi connectivity index (χ3n) is 3.07. The Bertz CT molecular complexity index is 587. The largest absolute Gasteiger partial charge is 0.322 e. The van der Waals surface area contributed by atoms with Crippen LogP contribution in [0.2, 0.25) is 0 Å². The second-order valence-corrected chi connectivity index (χ2v) is 4.40. The molecule has 0 atom stereocenters. The summed E-state index contributed by atoms with van der Waals surface area (Å²) in [5, 5.41) is 2.74. The van der Waals surface area contributed by atoms with Gasteiger partial charge in [0.2, 0.25) is 0 Å². The molecule has 1 aromatic heterocycles. The van der Waals surface area contributed by atoms with Crippen molar-refractivity contribution in [2.45, 2.75) is 13.1 Å². The third-order valence-corrected chi connectivity index (χ3v) is 3.07. The molecule has 0 saturated carbocycles. The van der Waals surface area contributed by atoms with Gasteiger partial charge in [-0.3, -0.25) is 4.98 Å². The Kier molecular flexibility index (Phi) is 2.87. The van der Waals surface area contributed by atoms with E-state index in [1.165, 1.54) is 24.3 Å². The van der Waals surface area contributed by atoms with E-state index >= 15 is 0 Å². The molecule has 0 saturated heterocycles. The minimum Gasteiger partial charge on any atom is -0.314 e. The Balaban J connectivity index is 1.68. The highest BCUT2D eigenvalue weighted by atomic mass is 19.1. The predicted molar refractivity (Wildman–Crippen MR) is 68.9 cm³/mol. The van der Waals surface area contributed by atoms with Gasteiger partial charge in [-0.15, -0.1) is 0 Å². The summed E-state index contributed by atoms with van der Waals surface area (Å²) in [6.45, 7) is 1.05. The number of halogens is 1. The minimum absolute atomic E-state index is 0.204. The van der Waals surface area contributed by atoms with Gasteiger partial charge in [0.15, 0.2) is 0 Å². The number of urea groups is 1. The molecule has 3 rings (SSSR count). The van der Waals surface area contributed by atoms with E-state index < -0.39 is 0 Å². The van der Waals surface area contributed by atoms with Crippen LogP contribution in [-0.4, -0.2) is 15.9 Å². The van der Waals surface area contributed by atoms with E-state index in [-0.39, 0.29) is 11.8 Å². The molecule has 0 aliphatic carbocycles. The molecule has 2 amide bonds. The van der Waals surface area contributed by atoms with E-state index in [1.807, 2.05) is 12.1 Å². The first kappa shape index (κ1) is 11.6. The number of carbonyl (C=O) groups is 1. The van der Waals surface area contributed by atoms with Gasteiger partial charge in [-0.25, -0.2) is 9.18 Å². The molecule has 19 heavy (non-hydrogen) atoms. The lowest BCUT2D eigenvalue weighted by Crippen LogP contribution is -2.30. The number of carbonyl (C=O) groups excluding carboxylic acids is 1. The molecule has 0 unspecified atom stereocenters. The lowest BCUT2D eigenvalue weighted by atomic mass is 10.2. The van der Waals surface area contributed by atoms with Gasteiger partial charge in [-0.1, -0.05) is 6.07 Å². The second-order valence-electron chi connectivity index (χ2n) is 4.40. The number of hydrogen-bond acceptors (Lipinski definition) is 2. The molecular formula is C14H12FN3O. The number of rotatable bonds is 1. The highest BCUT2D eigenvalue weighted by Gasteiger charge is 2.23. The lowest BCUT2D eigenvalue weighted by Gasteiger charge is -2.16. The van der Waals surface area contributed by atoms with Crippen molar-refractivity contribution in [2.24, 2.45) is 0 Å². The molecule has 2 heterocycles. The summed E-state index contributed by atoms with van der Waals surface area (Å²) >= 11 is 0. The summed E-state index contributed by atoms with van der Waals surface area (Å²) in [6.07, 6.45) is 1.72. The number of benzene rings is 1. The van der Waals surface area contributed by atoms with Gasteiger partial charge in [0.25, 0.3) is 0 Å².